The highest BCUT2D eigenvalue weighted by Crippen LogP contribution is 2.33. The van der Waals surface area contributed by atoms with E-state index in [0.717, 1.165) is 18.4 Å². The van der Waals surface area contributed by atoms with E-state index in [9.17, 15) is 27.6 Å². The first-order valence-electron chi connectivity index (χ1n) is 14.9. The number of tetrazole rings is 1. The summed E-state index contributed by atoms with van der Waals surface area (Å²) in [5.74, 6) is -2.21. The molecule has 15 nitrogen and oxygen atoms in total. The Morgan fingerprint density at radius 1 is 1.14 bits per heavy atom. The van der Waals surface area contributed by atoms with Gasteiger partial charge in [0.15, 0.2) is 6.61 Å². The second-order valence-electron chi connectivity index (χ2n) is 11.1. The van der Waals surface area contributed by atoms with Gasteiger partial charge in [0.25, 0.3) is 11.5 Å². The second kappa shape index (κ2) is 14.2. The van der Waals surface area contributed by atoms with Crippen molar-refractivity contribution in [1.29, 1.82) is 0 Å². The molecule has 1 amide bonds. The molecular weight excluding hydrogens is 707 g/mol. The number of benzene rings is 1. The summed E-state index contributed by atoms with van der Waals surface area (Å²) in [6.45, 7) is 1.16. The summed E-state index contributed by atoms with van der Waals surface area (Å²) in [5.41, 5.74) is 3.01. The maximum atomic E-state index is 13.4. The number of hydrogen-bond acceptors (Lipinski definition) is 11. The Bertz CT molecular complexity index is 2110. The molecule has 0 spiro atoms. The molecule has 0 radical (unpaired) electrons. The van der Waals surface area contributed by atoms with Crippen LogP contribution < -0.4 is 5.56 Å². The van der Waals surface area contributed by atoms with Gasteiger partial charge < -0.3 is 19.7 Å². The minimum Gasteiger partial charge on any atom is -0.475 e. The van der Waals surface area contributed by atoms with Gasteiger partial charge in [-0.2, -0.15) is 17.9 Å². The maximum absolute atomic E-state index is 13.4. The van der Waals surface area contributed by atoms with E-state index < -0.39 is 18.1 Å². The molecule has 260 valence electrons. The van der Waals surface area contributed by atoms with Crippen molar-refractivity contribution in [1.82, 2.24) is 44.6 Å². The van der Waals surface area contributed by atoms with Gasteiger partial charge >= 0.3 is 18.1 Å². The topological polar surface area (TPSA) is 191 Å². The number of aromatic nitrogens is 8. The molecule has 0 unspecified atom stereocenters. The molecular formula is C30H25ClF3N9O6S. The molecule has 1 atom stereocenters. The van der Waals surface area contributed by atoms with Crippen molar-refractivity contribution in [2.75, 3.05) is 19.7 Å². The number of carbonyl (C=O) groups is 3. The quantitative estimate of drug-likeness (QED) is 0.231. The number of thiophene rings is 1. The number of nitrogens with zero attached hydrogens (tertiary/aromatic N) is 8. The summed E-state index contributed by atoms with van der Waals surface area (Å²) >= 11 is 7.52. The van der Waals surface area contributed by atoms with E-state index in [0.29, 0.717) is 70.1 Å². The number of amides is 1. The minimum atomic E-state index is -5.08. The lowest BCUT2D eigenvalue weighted by molar-refractivity contribution is -0.192. The fourth-order valence-corrected chi connectivity index (χ4v) is 6.49. The molecule has 5 aromatic rings. The number of carboxylic acid groups (broad SMARTS) is 1. The third-order valence-electron chi connectivity index (χ3n) is 7.86. The van der Waals surface area contributed by atoms with Gasteiger partial charge in [0.1, 0.15) is 22.9 Å². The monoisotopic (exact) mass is 731 g/mol. The van der Waals surface area contributed by atoms with Crippen molar-refractivity contribution in [3.8, 4) is 28.2 Å². The third-order valence-corrected chi connectivity index (χ3v) is 9.00. The summed E-state index contributed by atoms with van der Waals surface area (Å²) < 4.78 is 40.1. The van der Waals surface area contributed by atoms with Crippen LogP contribution in [0.25, 0.3) is 28.2 Å². The second-order valence-corrected chi connectivity index (χ2v) is 12.4. The average Bonchev–Trinajstić information content (AvgIpc) is 3.92. The van der Waals surface area contributed by atoms with Crippen LogP contribution in [-0.2, 0) is 20.7 Å². The van der Waals surface area contributed by atoms with E-state index in [1.54, 1.807) is 39.9 Å². The minimum absolute atomic E-state index is 0.171. The van der Waals surface area contributed by atoms with Gasteiger partial charge in [0.05, 0.1) is 29.3 Å². The summed E-state index contributed by atoms with van der Waals surface area (Å²) in [6.07, 6.45) is 1.23. The van der Waals surface area contributed by atoms with Crippen LogP contribution in [0.15, 0.2) is 53.0 Å². The number of fused-ring (bicyclic) bond motifs is 1. The number of alkyl halides is 3. The number of carbonyl (C=O) groups excluding carboxylic acids is 2. The van der Waals surface area contributed by atoms with Crippen LogP contribution in [-0.4, -0.2) is 93.5 Å². The number of likely N-dealkylation sites (tertiary alicyclic amines) is 1. The predicted molar refractivity (Wildman–Crippen MR) is 170 cm³/mol. The number of rotatable bonds is 7. The Hall–Kier alpha value is -5.43. The molecule has 0 bridgehead atoms. The molecule has 2 N–H and O–H groups in total. The number of esters is 1. The van der Waals surface area contributed by atoms with Crippen LogP contribution >= 0.6 is 22.9 Å². The van der Waals surface area contributed by atoms with Crippen molar-refractivity contribution in [2.24, 2.45) is 0 Å². The number of aliphatic carboxylic acids is 1. The van der Waals surface area contributed by atoms with E-state index in [1.807, 2.05) is 5.38 Å². The number of H-pyrrole nitrogens is 1. The lowest BCUT2D eigenvalue weighted by Crippen LogP contribution is -2.31. The first-order valence-corrected chi connectivity index (χ1v) is 16.2. The molecule has 6 heterocycles. The zero-order valence-electron chi connectivity index (χ0n) is 25.6. The standard InChI is InChI=1S/C28H24ClN9O4S.C2HF3O2/c29-17-3-4-21(37-15-31-34-35-37)18(10-17)19-11-25(39)38-22(5-6-24(38)32-19)27-30-12-20(33-27)16-9-23(43-14-16)28(41)42-13-26(40)36-7-1-2-8-36;3-2(4,5)1(6)7/h3-4,9-12,14-15,22H,1-2,5-8,13H2,(H,30,33);(H,6,7)/t22-;/m0./s1. The summed E-state index contributed by atoms with van der Waals surface area (Å²) in [4.78, 5) is 61.9. The Morgan fingerprint density at radius 3 is 2.60 bits per heavy atom. The van der Waals surface area contributed by atoms with Crippen molar-refractivity contribution < 1.29 is 37.4 Å². The summed E-state index contributed by atoms with van der Waals surface area (Å²) in [5, 5.41) is 20.8. The summed E-state index contributed by atoms with van der Waals surface area (Å²) in [7, 11) is 0. The van der Waals surface area contributed by atoms with E-state index in [-0.39, 0.29) is 24.1 Å². The number of halogens is 4. The van der Waals surface area contributed by atoms with Gasteiger partial charge in [-0.15, -0.1) is 16.4 Å². The van der Waals surface area contributed by atoms with Crippen LogP contribution in [0.2, 0.25) is 5.02 Å². The largest absolute Gasteiger partial charge is 0.490 e. The highest BCUT2D eigenvalue weighted by Gasteiger charge is 2.38. The first-order chi connectivity index (χ1) is 23.9. The predicted octanol–water partition coefficient (Wildman–Crippen LogP) is 3.94. The third kappa shape index (κ3) is 7.42. The number of hydrogen-bond donors (Lipinski definition) is 2. The van der Waals surface area contributed by atoms with Crippen LogP contribution in [0.5, 0.6) is 0 Å². The van der Waals surface area contributed by atoms with Crippen molar-refractivity contribution in [3.63, 3.8) is 0 Å². The van der Waals surface area contributed by atoms with Gasteiger partial charge in [0.2, 0.25) is 0 Å². The molecule has 50 heavy (non-hydrogen) atoms. The number of aromatic amines is 1. The molecule has 0 aliphatic carbocycles. The molecule has 2 aliphatic heterocycles. The maximum Gasteiger partial charge on any atom is 0.490 e. The van der Waals surface area contributed by atoms with Crippen molar-refractivity contribution >= 4 is 40.8 Å². The lowest BCUT2D eigenvalue weighted by atomic mass is 10.1. The summed E-state index contributed by atoms with van der Waals surface area (Å²) in [6, 6.07) is 8.10. The molecule has 1 fully saturated rings. The van der Waals surface area contributed by atoms with Gasteiger partial charge in [-0.3, -0.25) is 14.2 Å². The van der Waals surface area contributed by atoms with Gasteiger partial charge in [0, 0.05) is 47.1 Å². The van der Waals surface area contributed by atoms with Crippen LogP contribution in [0.3, 0.4) is 0 Å². The number of ether oxygens (including phenoxy) is 1. The molecule has 1 saturated heterocycles. The molecule has 2 aliphatic rings. The van der Waals surface area contributed by atoms with E-state index in [2.05, 4.69) is 25.5 Å². The Kier molecular flexibility index (Phi) is 9.78. The number of aryl methyl sites for hydroxylation is 1. The zero-order chi connectivity index (χ0) is 35.6. The SMILES string of the molecule is O=C(O)C(F)(F)F.O=C(OCC(=O)N1CCCC1)c1cc(-c2cnc([C@@H]3CCc4nc(-c5cc(Cl)ccc5-n5cnnn5)cc(=O)n43)[nH]2)cs1. The molecule has 1 aromatic carbocycles. The lowest BCUT2D eigenvalue weighted by Gasteiger charge is -2.14. The van der Waals surface area contributed by atoms with E-state index in [1.165, 1.54) is 28.4 Å². The van der Waals surface area contributed by atoms with Gasteiger partial charge in [-0.1, -0.05) is 11.6 Å². The normalized spacial score (nSPS) is 15.4. The molecule has 4 aromatic heterocycles. The number of imidazole rings is 1. The highest BCUT2D eigenvalue weighted by atomic mass is 35.5. The zero-order valence-corrected chi connectivity index (χ0v) is 27.2. The highest BCUT2D eigenvalue weighted by molar-refractivity contribution is 7.12. The van der Waals surface area contributed by atoms with E-state index in [4.69, 9.17) is 31.2 Å². The Morgan fingerprint density at radius 2 is 1.90 bits per heavy atom. The molecule has 0 saturated carbocycles. The van der Waals surface area contributed by atoms with Gasteiger partial charge in [-0.05, 0) is 54.0 Å². The van der Waals surface area contributed by atoms with Crippen molar-refractivity contribution in [3.05, 3.63) is 80.1 Å². The first kappa shape index (κ1) is 34.4. The van der Waals surface area contributed by atoms with E-state index >= 15 is 0 Å². The van der Waals surface area contributed by atoms with Gasteiger partial charge in [-0.25, -0.2) is 19.6 Å². The average molecular weight is 732 g/mol. The van der Waals surface area contributed by atoms with Crippen molar-refractivity contribution in [2.45, 2.75) is 37.9 Å². The van der Waals surface area contributed by atoms with Crippen LogP contribution in [0, 0.1) is 0 Å². The molecule has 20 heteroatoms. The van der Waals surface area contributed by atoms with Crippen LogP contribution in [0.4, 0.5) is 13.2 Å². The Labute approximate surface area is 288 Å². The fourth-order valence-electron chi connectivity index (χ4n) is 5.52. The Balaban J connectivity index is 0.000000561. The smallest absolute Gasteiger partial charge is 0.475 e. The number of carboxylic acids is 1. The fraction of sp³-hybridized carbons (Fsp3) is 0.300. The number of nitrogens with one attached hydrogen (secondary N) is 1. The molecule has 7 rings (SSSR count). The van der Waals surface area contributed by atoms with Crippen LogP contribution in [0.1, 0.15) is 46.6 Å².